The van der Waals surface area contributed by atoms with Gasteiger partial charge in [-0.3, -0.25) is 19.2 Å². The SMILES string of the molecule is c1cc(CN2CCN(CCn3cncn3)CC2)cc(Cn2cccn2)c1. The third kappa shape index (κ3) is 4.56. The highest BCUT2D eigenvalue weighted by atomic mass is 15.3. The highest BCUT2D eigenvalue weighted by Gasteiger charge is 2.16. The Balaban J connectivity index is 1.25. The van der Waals surface area contributed by atoms with Crippen LogP contribution in [0.1, 0.15) is 11.1 Å². The van der Waals surface area contributed by atoms with Crippen molar-refractivity contribution in [2.75, 3.05) is 32.7 Å². The van der Waals surface area contributed by atoms with Crippen molar-refractivity contribution in [1.29, 1.82) is 0 Å². The van der Waals surface area contributed by atoms with Crippen LogP contribution in [0.5, 0.6) is 0 Å². The van der Waals surface area contributed by atoms with E-state index >= 15 is 0 Å². The van der Waals surface area contributed by atoms with Gasteiger partial charge in [0, 0.05) is 51.7 Å². The molecule has 1 aromatic carbocycles. The first kappa shape index (κ1) is 16.9. The molecule has 136 valence electrons. The molecule has 1 saturated heterocycles. The van der Waals surface area contributed by atoms with E-state index in [1.54, 1.807) is 12.7 Å². The Bertz CT molecular complexity index is 774. The quantitative estimate of drug-likeness (QED) is 0.643. The summed E-state index contributed by atoms with van der Waals surface area (Å²) in [6.07, 6.45) is 7.21. The molecule has 0 saturated carbocycles. The Hall–Kier alpha value is -2.51. The normalized spacial score (nSPS) is 16.2. The van der Waals surface area contributed by atoms with Crippen molar-refractivity contribution in [1.82, 2.24) is 34.3 Å². The Morgan fingerprint density at radius 2 is 1.62 bits per heavy atom. The topological polar surface area (TPSA) is 55.0 Å². The van der Waals surface area contributed by atoms with Crippen LogP contribution in [0, 0.1) is 0 Å². The summed E-state index contributed by atoms with van der Waals surface area (Å²) in [6.45, 7) is 8.25. The lowest BCUT2D eigenvalue weighted by Gasteiger charge is -2.34. The van der Waals surface area contributed by atoms with Gasteiger partial charge in [-0.2, -0.15) is 10.2 Å². The van der Waals surface area contributed by atoms with Crippen molar-refractivity contribution in [2.45, 2.75) is 19.6 Å². The maximum atomic E-state index is 4.29. The van der Waals surface area contributed by atoms with Gasteiger partial charge >= 0.3 is 0 Å². The van der Waals surface area contributed by atoms with Crippen molar-refractivity contribution in [3.05, 3.63) is 66.5 Å². The molecule has 2 aromatic heterocycles. The lowest BCUT2D eigenvalue weighted by atomic mass is 10.1. The summed E-state index contributed by atoms with van der Waals surface area (Å²) < 4.78 is 3.87. The Labute approximate surface area is 153 Å². The van der Waals surface area contributed by atoms with Gasteiger partial charge in [0.25, 0.3) is 0 Å². The summed E-state index contributed by atoms with van der Waals surface area (Å²) in [7, 11) is 0. The standard InChI is InChI=1S/C19H25N7/c1-3-18(13-19(4-1)15-25-6-2-5-21-25)14-24-9-7-23(8-10-24)11-12-26-17-20-16-22-26/h1-6,13,16-17H,7-12,14-15H2. The van der Waals surface area contributed by atoms with Crippen LogP contribution in [0.2, 0.25) is 0 Å². The molecule has 0 bridgehead atoms. The van der Waals surface area contributed by atoms with Crippen molar-refractivity contribution in [3.8, 4) is 0 Å². The number of nitrogens with zero attached hydrogens (tertiary/aromatic N) is 7. The van der Waals surface area contributed by atoms with Crippen molar-refractivity contribution in [3.63, 3.8) is 0 Å². The number of benzene rings is 1. The molecule has 4 rings (SSSR count). The predicted octanol–water partition coefficient (Wildman–Crippen LogP) is 1.34. The summed E-state index contributed by atoms with van der Waals surface area (Å²) in [5.74, 6) is 0. The molecule has 3 heterocycles. The largest absolute Gasteiger partial charge is 0.299 e. The zero-order chi connectivity index (χ0) is 17.6. The average Bonchev–Trinajstić information content (AvgIpc) is 3.35. The summed E-state index contributed by atoms with van der Waals surface area (Å²) >= 11 is 0. The number of aromatic nitrogens is 5. The van der Waals surface area contributed by atoms with Gasteiger partial charge in [0.1, 0.15) is 12.7 Å². The van der Waals surface area contributed by atoms with E-state index < -0.39 is 0 Å². The molecule has 1 aliphatic rings. The van der Waals surface area contributed by atoms with Gasteiger partial charge < -0.3 is 0 Å². The minimum Gasteiger partial charge on any atom is -0.299 e. The molecule has 7 nitrogen and oxygen atoms in total. The molecule has 1 aliphatic heterocycles. The zero-order valence-electron chi connectivity index (χ0n) is 15.0. The molecular weight excluding hydrogens is 326 g/mol. The summed E-state index contributed by atoms with van der Waals surface area (Å²) in [5, 5.41) is 8.46. The van der Waals surface area contributed by atoms with E-state index in [-0.39, 0.29) is 0 Å². The second kappa shape index (κ2) is 8.25. The molecule has 1 fully saturated rings. The van der Waals surface area contributed by atoms with Crippen LogP contribution >= 0.6 is 0 Å². The van der Waals surface area contributed by atoms with Crippen LogP contribution in [-0.2, 0) is 19.6 Å². The van der Waals surface area contributed by atoms with Gasteiger partial charge in [-0.15, -0.1) is 0 Å². The molecule has 0 atom stereocenters. The van der Waals surface area contributed by atoms with Crippen LogP contribution in [0.15, 0.2) is 55.4 Å². The molecule has 0 radical (unpaired) electrons. The molecule has 0 aliphatic carbocycles. The van der Waals surface area contributed by atoms with E-state index in [1.807, 2.05) is 27.8 Å². The molecule has 0 N–H and O–H groups in total. The molecule has 0 unspecified atom stereocenters. The lowest BCUT2D eigenvalue weighted by molar-refractivity contribution is 0.123. The molecule has 0 amide bonds. The number of piperazine rings is 1. The van der Waals surface area contributed by atoms with E-state index in [0.29, 0.717) is 0 Å². The second-order valence-corrected chi connectivity index (χ2v) is 6.80. The van der Waals surface area contributed by atoms with Crippen LogP contribution in [-0.4, -0.2) is 67.1 Å². The molecule has 7 heteroatoms. The van der Waals surface area contributed by atoms with Gasteiger partial charge in [0.15, 0.2) is 0 Å². The van der Waals surface area contributed by atoms with Gasteiger partial charge in [-0.05, 0) is 17.2 Å². The van der Waals surface area contributed by atoms with Gasteiger partial charge in [0.2, 0.25) is 0 Å². The van der Waals surface area contributed by atoms with Crippen LogP contribution in [0.4, 0.5) is 0 Å². The summed E-state index contributed by atoms with van der Waals surface area (Å²) in [6, 6.07) is 10.8. The van der Waals surface area contributed by atoms with Gasteiger partial charge in [-0.25, -0.2) is 4.98 Å². The minimum absolute atomic E-state index is 0.830. The molecule has 26 heavy (non-hydrogen) atoms. The van der Waals surface area contributed by atoms with Gasteiger partial charge in [0.05, 0.1) is 13.1 Å². The first-order valence-corrected chi connectivity index (χ1v) is 9.17. The fourth-order valence-corrected chi connectivity index (χ4v) is 3.43. The predicted molar refractivity (Wildman–Crippen MR) is 99.5 cm³/mol. The zero-order valence-corrected chi connectivity index (χ0v) is 15.0. The van der Waals surface area contributed by atoms with Crippen molar-refractivity contribution < 1.29 is 0 Å². The number of rotatable bonds is 7. The van der Waals surface area contributed by atoms with E-state index in [9.17, 15) is 0 Å². The lowest BCUT2D eigenvalue weighted by Crippen LogP contribution is -2.46. The Kier molecular flexibility index (Phi) is 5.37. The highest BCUT2D eigenvalue weighted by molar-refractivity contribution is 5.23. The third-order valence-corrected chi connectivity index (χ3v) is 4.88. The monoisotopic (exact) mass is 351 g/mol. The smallest absolute Gasteiger partial charge is 0.137 e. The number of hydrogen-bond donors (Lipinski definition) is 0. The summed E-state index contributed by atoms with van der Waals surface area (Å²) in [5.41, 5.74) is 2.68. The maximum absolute atomic E-state index is 4.29. The first-order chi connectivity index (χ1) is 12.8. The van der Waals surface area contributed by atoms with E-state index in [2.05, 4.69) is 49.2 Å². The van der Waals surface area contributed by atoms with Crippen LogP contribution in [0.25, 0.3) is 0 Å². The average molecular weight is 351 g/mol. The van der Waals surface area contributed by atoms with E-state index in [4.69, 9.17) is 0 Å². The van der Waals surface area contributed by atoms with Crippen LogP contribution < -0.4 is 0 Å². The maximum Gasteiger partial charge on any atom is 0.137 e. The number of hydrogen-bond acceptors (Lipinski definition) is 5. The Morgan fingerprint density at radius 1 is 0.808 bits per heavy atom. The molecule has 3 aromatic rings. The molecule has 0 spiro atoms. The van der Waals surface area contributed by atoms with Gasteiger partial charge in [-0.1, -0.05) is 24.3 Å². The van der Waals surface area contributed by atoms with Crippen molar-refractivity contribution in [2.24, 2.45) is 0 Å². The van der Waals surface area contributed by atoms with Crippen molar-refractivity contribution >= 4 is 0 Å². The highest BCUT2D eigenvalue weighted by Crippen LogP contribution is 2.12. The van der Waals surface area contributed by atoms with E-state index in [0.717, 1.165) is 52.4 Å². The first-order valence-electron chi connectivity index (χ1n) is 9.17. The Morgan fingerprint density at radius 3 is 2.35 bits per heavy atom. The second-order valence-electron chi connectivity index (χ2n) is 6.80. The summed E-state index contributed by atoms with van der Waals surface area (Å²) in [4.78, 5) is 9.04. The van der Waals surface area contributed by atoms with E-state index in [1.165, 1.54) is 11.1 Å². The van der Waals surface area contributed by atoms with Crippen LogP contribution in [0.3, 0.4) is 0 Å². The third-order valence-electron chi connectivity index (χ3n) is 4.88. The fraction of sp³-hybridized carbons (Fsp3) is 0.421. The fourth-order valence-electron chi connectivity index (χ4n) is 3.43. The minimum atomic E-state index is 0.830. The molecular formula is C19H25N7.